The number of hydrogen-bond acceptors (Lipinski definition) is 6. The van der Waals surface area contributed by atoms with E-state index >= 15 is 0 Å². The van der Waals surface area contributed by atoms with Crippen molar-refractivity contribution in [3.05, 3.63) is 77.4 Å². The fourth-order valence-electron chi connectivity index (χ4n) is 5.27. The number of ether oxygens (including phenoxy) is 1. The maximum atomic E-state index is 13.5. The van der Waals surface area contributed by atoms with Crippen LogP contribution in [0.25, 0.3) is 11.3 Å². The fourth-order valence-corrected chi connectivity index (χ4v) is 5.27. The zero-order valence-electron chi connectivity index (χ0n) is 22.9. The molecule has 39 heavy (non-hydrogen) atoms. The van der Waals surface area contributed by atoms with Gasteiger partial charge in [0.2, 0.25) is 5.91 Å². The van der Waals surface area contributed by atoms with Crippen LogP contribution < -0.4 is 4.90 Å². The van der Waals surface area contributed by atoms with Crippen molar-refractivity contribution in [2.24, 2.45) is 0 Å². The van der Waals surface area contributed by atoms with Crippen LogP contribution in [0.4, 0.5) is 5.82 Å². The lowest BCUT2D eigenvalue weighted by molar-refractivity contribution is -0.132. The van der Waals surface area contributed by atoms with E-state index in [4.69, 9.17) is 4.74 Å². The first-order valence-corrected chi connectivity index (χ1v) is 13.9. The summed E-state index contributed by atoms with van der Waals surface area (Å²) in [5.74, 6) is 0.671. The summed E-state index contributed by atoms with van der Waals surface area (Å²) >= 11 is 0. The predicted molar refractivity (Wildman–Crippen MR) is 152 cm³/mol. The molecule has 2 aromatic carbocycles. The Morgan fingerprint density at radius 2 is 1.74 bits per heavy atom. The number of nitrogens with zero attached hydrogens (tertiary/aromatic N) is 5. The second-order valence-corrected chi connectivity index (χ2v) is 10.5. The van der Waals surface area contributed by atoms with Gasteiger partial charge in [-0.2, -0.15) is 0 Å². The third-order valence-electron chi connectivity index (χ3n) is 7.61. The van der Waals surface area contributed by atoms with Crippen molar-refractivity contribution in [1.29, 1.82) is 0 Å². The van der Waals surface area contributed by atoms with Crippen LogP contribution in [0, 0.1) is 13.8 Å². The highest BCUT2D eigenvalue weighted by Gasteiger charge is 2.28. The molecule has 2 fully saturated rings. The fraction of sp³-hybridized carbons (Fsp3) is 0.419. The van der Waals surface area contributed by atoms with Crippen LogP contribution in [0.2, 0.25) is 0 Å². The van der Waals surface area contributed by atoms with E-state index in [-0.39, 0.29) is 24.5 Å². The van der Waals surface area contributed by atoms with Gasteiger partial charge >= 0.3 is 0 Å². The first kappa shape index (κ1) is 26.8. The van der Waals surface area contributed by atoms with Gasteiger partial charge in [-0.25, -0.2) is 0 Å². The van der Waals surface area contributed by atoms with Gasteiger partial charge in [0.15, 0.2) is 5.82 Å². The highest BCUT2D eigenvalue weighted by Crippen LogP contribution is 2.21. The van der Waals surface area contributed by atoms with Crippen LogP contribution in [-0.2, 0) is 9.53 Å². The molecule has 3 heterocycles. The Hall–Kier alpha value is -3.78. The number of aryl methyl sites for hydroxylation is 2. The van der Waals surface area contributed by atoms with Crippen LogP contribution in [0.1, 0.15) is 40.7 Å². The normalized spacial score (nSPS) is 17.6. The Kier molecular flexibility index (Phi) is 8.51. The van der Waals surface area contributed by atoms with Gasteiger partial charge in [0, 0.05) is 50.5 Å². The number of rotatable bonds is 7. The number of benzene rings is 2. The summed E-state index contributed by atoms with van der Waals surface area (Å²) in [6, 6.07) is 19.8. The molecule has 0 spiro atoms. The third-order valence-corrected chi connectivity index (χ3v) is 7.61. The number of anilines is 1. The lowest BCUT2D eigenvalue weighted by atomic mass is 10.1. The first-order valence-electron chi connectivity index (χ1n) is 13.9. The largest absolute Gasteiger partial charge is 0.376 e. The SMILES string of the molecule is Cc1ccc(-c2ccc(N3CCCN(C(=O)CN(C[C@@H]4CCCO4)C(=O)c4ccccc4C)CC3)nn2)cc1. The first-order chi connectivity index (χ1) is 19.0. The molecule has 0 aliphatic carbocycles. The van der Waals surface area contributed by atoms with Gasteiger partial charge in [-0.1, -0.05) is 48.0 Å². The number of aromatic nitrogens is 2. The summed E-state index contributed by atoms with van der Waals surface area (Å²) in [7, 11) is 0. The summed E-state index contributed by atoms with van der Waals surface area (Å²) in [5, 5.41) is 8.94. The zero-order valence-corrected chi connectivity index (χ0v) is 22.9. The summed E-state index contributed by atoms with van der Waals surface area (Å²) in [4.78, 5) is 32.7. The van der Waals surface area contributed by atoms with Gasteiger partial charge in [0.1, 0.15) is 6.54 Å². The van der Waals surface area contributed by atoms with E-state index in [0.717, 1.165) is 48.4 Å². The molecule has 8 nitrogen and oxygen atoms in total. The quantitative estimate of drug-likeness (QED) is 0.460. The van der Waals surface area contributed by atoms with Crippen molar-refractivity contribution in [2.45, 2.75) is 39.2 Å². The van der Waals surface area contributed by atoms with E-state index in [1.54, 1.807) is 4.90 Å². The number of carbonyl (C=O) groups excluding carboxylic acids is 2. The number of hydrogen-bond donors (Lipinski definition) is 0. The van der Waals surface area contributed by atoms with Crippen LogP contribution >= 0.6 is 0 Å². The van der Waals surface area contributed by atoms with E-state index in [1.807, 2.05) is 48.2 Å². The van der Waals surface area contributed by atoms with Crippen molar-refractivity contribution in [3.8, 4) is 11.3 Å². The molecule has 0 saturated carbocycles. The maximum absolute atomic E-state index is 13.5. The molecule has 2 aliphatic rings. The molecular weight excluding hydrogens is 490 g/mol. The molecule has 1 atom stereocenters. The second kappa shape index (κ2) is 12.4. The molecule has 2 saturated heterocycles. The predicted octanol–water partition coefficient (Wildman–Crippen LogP) is 4.12. The molecule has 8 heteroatoms. The summed E-state index contributed by atoms with van der Waals surface area (Å²) in [6.45, 7) is 7.88. The minimum absolute atomic E-state index is 0.0214. The lowest BCUT2D eigenvalue weighted by Gasteiger charge is -2.29. The number of amides is 2. The van der Waals surface area contributed by atoms with Gasteiger partial charge < -0.3 is 19.4 Å². The van der Waals surface area contributed by atoms with Crippen molar-refractivity contribution in [2.75, 3.05) is 50.8 Å². The molecular formula is C31H37N5O3. The van der Waals surface area contributed by atoms with Crippen LogP contribution in [0.5, 0.6) is 0 Å². The molecule has 0 N–H and O–H groups in total. The molecule has 3 aromatic rings. The van der Waals surface area contributed by atoms with Crippen LogP contribution in [0.15, 0.2) is 60.7 Å². The molecule has 1 aromatic heterocycles. The minimum atomic E-state index is -0.114. The highest BCUT2D eigenvalue weighted by atomic mass is 16.5. The third kappa shape index (κ3) is 6.63. The molecule has 204 valence electrons. The minimum Gasteiger partial charge on any atom is -0.376 e. The summed E-state index contributed by atoms with van der Waals surface area (Å²) in [5.41, 5.74) is 4.64. The maximum Gasteiger partial charge on any atom is 0.254 e. The van der Waals surface area contributed by atoms with Crippen LogP contribution in [0.3, 0.4) is 0 Å². The zero-order chi connectivity index (χ0) is 27.2. The molecule has 0 radical (unpaired) electrons. The smallest absolute Gasteiger partial charge is 0.254 e. The molecule has 0 unspecified atom stereocenters. The van der Waals surface area contributed by atoms with Crippen LogP contribution in [-0.4, -0.2) is 83.8 Å². The standard InChI is InChI=1S/C31H37N5O3/c1-23-10-12-25(13-11-23)28-14-15-29(33-32-28)34-16-6-17-35(19-18-34)30(37)22-36(21-26-8-5-20-39-26)31(38)27-9-4-3-7-24(27)2/h3-4,7,9-15,26H,5-6,8,16-22H2,1-2H3/t26-/m0/s1. The van der Waals surface area contributed by atoms with Gasteiger partial charge in [0.25, 0.3) is 5.91 Å². The Morgan fingerprint density at radius 3 is 2.46 bits per heavy atom. The number of carbonyl (C=O) groups is 2. The Labute approximate surface area is 230 Å². The van der Waals surface area contributed by atoms with Gasteiger partial charge in [-0.3, -0.25) is 9.59 Å². The Morgan fingerprint density at radius 1 is 0.923 bits per heavy atom. The molecule has 0 bridgehead atoms. The van der Waals surface area contributed by atoms with E-state index < -0.39 is 0 Å². The average Bonchev–Trinajstić information content (AvgIpc) is 3.34. The monoisotopic (exact) mass is 527 g/mol. The van der Waals surface area contributed by atoms with Crippen molar-refractivity contribution in [1.82, 2.24) is 20.0 Å². The molecule has 5 rings (SSSR count). The van der Waals surface area contributed by atoms with E-state index in [1.165, 1.54) is 5.56 Å². The van der Waals surface area contributed by atoms with E-state index in [9.17, 15) is 9.59 Å². The van der Waals surface area contributed by atoms with Gasteiger partial charge in [-0.05, 0) is 56.9 Å². The topological polar surface area (TPSA) is 78.9 Å². The summed E-state index contributed by atoms with van der Waals surface area (Å²) in [6.07, 6.45) is 2.70. The summed E-state index contributed by atoms with van der Waals surface area (Å²) < 4.78 is 5.81. The van der Waals surface area contributed by atoms with E-state index in [0.29, 0.717) is 38.3 Å². The van der Waals surface area contributed by atoms with Gasteiger partial charge in [0.05, 0.1) is 11.8 Å². The van der Waals surface area contributed by atoms with Crippen molar-refractivity contribution in [3.63, 3.8) is 0 Å². The van der Waals surface area contributed by atoms with Gasteiger partial charge in [-0.15, -0.1) is 10.2 Å². The molecule has 2 amide bonds. The lowest BCUT2D eigenvalue weighted by Crippen LogP contribution is -2.46. The van der Waals surface area contributed by atoms with E-state index in [2.05, 4.69) is 46.3 Å². The van der Waals surface area contributed by atoms with Crippen molar-refractivity contribution < 1.29 is 14.3 Å². The van der Waals surface area contributed by atoms with Crippen molar-refractivity contribution >= 4 is 17.6 Å². The molecule has 2 aliphatic heterocycles. The Balaban J connectivity index is 1.22. The average molecular weight is 528 g/mol. The highest BCUT2D eigenvalue weighted by molar-refractivity contribution is 5.97. The second-order valence-electron chi connectivity index (χ2n) is 10.5. The Bertz CT molecular complexity index is 1270.